The van der Waals surface area contributed by atoms with Gasteiger partial charge >= 0.3 is 5.69 Å². The minimum absolute atomic E-state index is 0.317. The predicted molar refractivity (Wildman–Crippen MR) is 58.4 cm³/mol. The van der Waals surface area contributed by atoms with Crippen molar-refractivity contribution >= 4 is 17.2 Å². The average molecular weight is 237 g/mol. The Morgan fingerprint density at radius 1 is 1.50 bits per heavy atom. The summed E-state index contributed by atoms with van der Waals surface area (Å²) >= 11 is 1.12. The van der Waals surface area contributed by atoms with Crippen LogP contribution in [0.2, 0.25) is 0 Å². The number of aromatic nitrogens is 2. The number of aryl methyl sites for hydroxylation is 1. The zero-order chi connectivity index (χ0) is 11.7. The lowest BCUT2D eigenvalue weighted by Crippen LogP contribution is -1.92. The quantitative estimate of drug-likeness (QED) is 0.638. The normalized spacial score (nSPS) is 10.3. The molecule has 2 rings (SSSR count). The fourth-order valence-corrected chi connectivity index (χ4v) is 1.83. The Kier molecular flexibility index (Phi) is 2.53. The number of aromatic hydroxyl groups is 1. The van der Waals surface area contributed by atoms with Crippen LogP contribution in [0.5, 0.6) is 5.75 Å². The van der Waals surface area contributed by atoms with Crippen molar-refractivity contribution in [1.82, 2.24) is 9.59 Å². The summed E-state index contributed by atoms with van der Waals surface area (Å²) in [5.74, 6) is -0.372. The van der Waals surface area contributed by atoms with E-state index < -0.39 is 4.92 Å². The molecule has 0 spiro atoms. The van der Waals surface area contributed by atoms with Crippen molar-refractivity contribution < 1.29 is 10.0 Å². The first kappa shape index (κ1) is 10.5. The number of benzene rings is 1. The second kappa shape index (κ2) is 3.86. The third-order valence-corrected chi connectivity index (χ3v) is 2.57. The van der Waals surface area contributed by atoms with Gasteiger partial charge in [0.25, 0.3) is 0 Å². The van der Waals surface area contributed by atoms with Gasteiger partial charge in [-0.15, -0.1) is 5.10 Å². The van der Waals surface area contributed by atoms with Crippen molar-refractivity contribution in [2.75, 3.05) is 0 Å². The molecule has 0 saturated carbocycles. The lowest BCUT2D eigenvalue weighted by molar-refractivity contribution is -0.385. The number of phenols is 1. The summed E-state index contributed by atoms with van der Waals surface area (Å²) in [5, 5.41) is 25.9. The number of hydrogen-bond donors (Lipinski definition) is 1. The van der Waals surface area contributed by atoms with Crippen LogP contribution < -0.4 is 0 Å². The van der Waals surface area contributed by atoms with Crippen molar-refractivity contribution in [3.05, 3.63) is 33.2 Å². The van der Waals surface area contributed by atoms with E-state index in [0.29, 0.717) is 16.8 Å². The Labute approximate surface area is 94.5 Å². The number of nitro benzene ring substituents is 1. The van der Waals surface area contributed by atoms with Gasteiger partial charge in [0.2, 0.25) is 5.75 Å². The largest absolute Gasteiger partial charge is 0.502 e. The summed E-state index contributed by atoms with van der Waals surface area (Å²) in [6.45, 7) is 1.72. The highest BCUT2D eigenvalue weighted by Gasteiger charge is 2.20. The Morgan fingerprint density at radius 3 is 2.81 bits per heavy atom. The zero-order valence-electron chi connectivity index (χ0n) is 8.25. The molecule has 0 atom stereocenters. The summed E-state index contributed by atoms with van der Waals surface area (Å²) < 4.78 is 3.65. The van der Waals surface area contributed by atoms with Crippen LogP contribution in [-0.4, -0.2) is 19.6 Å². The molecule has 0 unspecified atom stereocenters. The van der Waals surface area contributed by atoms with Crippen LogP contribution >= 0.6 is 11.5 Å². The maximum absolute atomic E-state index is 10.7. The molecule has 0 bridgehead atoms. The second-order valence-electron chi connectivity index (χ2n) is 3.23. The molecule has 1 heterocycles. The molecule has 1 aromatic carbocycles. The SMILES string of the molecule is Cc1cc(-c2csnn2)c(O)c([N+](=O)[O-])c1. The molecule has 82 valence electrons. The van der Waals surface area contributed by atoms with E-state index in [1.807, 2.05) is 0 Å². The molecular formula is C9H7N3O3S. The molecule has 0 aliphatic heterocycles. The fraction of sp³-hybridized carbons (Fsp3) is 0.111. The minimum Gasteiger partial charge on any atom is -0.502 e. The number of hydrogen-bond acceptors (Lipinski definition) is 6. The first-order chi connectivity index (χ1) is 7.59. The first-order valence-electron chi connectivity index (χ1n) is 4.35. The van der Waals surface area contributed by atoms with Gasteiger partial charge in [0.1, 0.15) is 5.69 Å². The van der Waals surface area contributed by atoms with Gasteiger partial charge < -0.3 is 5.11 Å². The number of nitro groups is 1. The van der Waals surface area contributed by atoms with Crippen LogP contribution in [-0.2, 0) is 0 Å². The van der Waals surface area contributed by atoms with Crippen LogP contribution in [0, 0.1) is 17.0 Å². The van der Waals surface area contributed by atoms with E-state index in [-0.39, 0.29) is 11.4 Å². The molecule has 0 amide bonds. The van der Waals surface area contributed by atoms with Crippen LogP contribution in [0.1, 0.15) is 5.56 Å². The summed E-state index contributed by atoms with van der Waals surface area (Å²) in [6.07, 6.45) is 0. The van der Waals surface area contributed by atoms with Gasteiger partial charge in [0.05, 0.1) is 10.5 Å². The highest BCUT2D eigenvalue weighted by atomic mass is 32.1. The van der Waals surface area contributed by atoms with Crippen LogP contribution in [0.15, 0.2) is 17.5 Å². The Bertz CT molecular complexity index is 539. The van der Waals surface area contributed by atoms with Gasteiger partial charge in [-0.3, -0.25) is 10.1 Å². The topological polar surface area (TPSA) is 89.2 Å². The van der Waals surface area contributed by atoms with E-state index in [1.54, 1.807) is 18.4 Å². The van der Waals surface area contributed by atoms with Gasteiger partial charge in [-0.05, 0) is 30.1 Å². The molecule has 0 radical (unpaired) electrons. The van der Waals surface area contributed by atoms with Crippen molar-refractivity contribution in [2.45, 2.75) is 6.92 Å². The smallest absolute Gasteiger partial charge is 0.311 e. The molecule has 2 aromatic rings. The standard InChI is InChI=1S/C9H7N3O3S/c1-5-2-6(7-4-16-11-10-7)9(13)8(3-5)12(14)15/h2-4,13H,1H3. The van der Waals surface area contributed by atoms with Crippen LogP contribution in [0.25, 0.3) is 11.3 Å². The third-order valence-electron chi connectivity index (χ3n) is 2.07. The Hall–Kier alpha value is -2.02. The van der Waals surface area contributed by atoms with Gasteiger partial charge in [0, 0.05) is 11.4 Å². The average Bonchev–Trinajstić information content (AvgIpc) is 2.73. The van der Waals surface area contributed by atoms with Crippen LogP contribution in [0.3, 0.4) is 0 Å². The predicted octanol–water partition coefficient (Wildman–Crippen LogP) is 2.13. The van der Waals surface area contributed by atoms with Gasteiger partial charge in [0.15, 0.2) is 0 Å². The molecule has 0 aliphatic rings. The first-order valence-corrected chi connectivity index (χ1v) is 5.18. The van der Waals surface area contributed by atoms with Crippen molar-refractivity contribution in [2.24, 2.45) is 0 Å². The highest BCUT2D eigenvalue weighted by Crippen LogP contribution is 2.37. The van der Waals surface area contributed by atoms with E-state index in [4.69, 9.17) is 0 Å². The number of nitrogens with zero attached hydrogens (tertiary/aromatic N) is 3. The maximum Gasteiger partial charge on any atom is 0.311 e. The molecular weight excluding hydrogens is 230 g/mol. The molecule has 0 fully saturated rings. The lowest BCUT2D eigenvalue weighted by atomic mass is 10.1. The summed E-state index contributed by atoms with van der Waals surface area (Å²) in [6, 6.07) is 2.96. The molecule has 0 saturated heterocycles. The summed E-state index contributed by atoms with van der Waals surface area (Å²) in [4.78, 5) is 10.1. The van der Waals surface area contributed by atoms with E-state index in [0.717, 1.165) is 11.5 Å². The highest BCUT2D eigenvalue weighted by molar-refractivity contribution is 7.03. The molecule has 1 N–H and O–H groups in total. The van der Waals surface area contributed by atoms with Crippen molar-refractivity contribution in [1.29, 1.82) is 0 Å². The molecule has 6 nitrogen and oxygen atoms in total. The summed E-state index contributed by atoms with van der Waals surface area (Å²) in [5.41, 5.74) is 1.14. The van der Waals surface area contributed by atoms with E-state index >= 15 is 0 Å². The monoisotopic (exact) mass is 237 g/mol. The molecule has 16 heavy (non-hydrogen) atoms. The lowest BCUT2D eigenvalue weighted by Gasteiger charge is -2.03. The molecule has 0 aliphatic carbocycles. The minimum atomic E-state index is -0.619. The van der Waals surface area contributed by atoms with Crippen LogP contribution in [0.4, 0.5) is 5.69 Å². The summed E-state index contributed by atoms with van der Waals surface area (Å²) in [7, 11) is 0. The number of phenolic OH excluding ortho intramolecular Hbond substituents is 1. The Morgan fingerprint density at radius 2 is 2.25 bits per heavy atom. The Balaban J connectivity index is 2.67. The van der Waals surface area contributed by atoms with Gasteiger partial charge in [-0.1, -0.05) is 4.49 Å². The molecule has 1 aromatic heterocycles. The third kappa shape index (κ3) is 1.72. The fourth-order valence-electron chi connectivity index (χ4n) is 1.38. The van der Waals surface area contributed by atoms with E-state index in [1.165, 1.54) is 6.07 Å². The van der Waals surface area contributed by atoms with Gasteiger partial charge in [-0.25, -0.2) is 0 Å². The van der Waals surface area contributed by atoms with Gasteiger partial charge in [-0.2, -0.15) is 0 Å². The van der Waals surface area contributed by atoms with E-state index in [9.17, 15) is 15.2 Å². The molecule has 7 heteroatoms. The van der Waals surface area contributed by atoms with Crippen molar-refractivity contribution in [3.8, 4) is 17.0 Å². The second-order valence-corrected chi connectivity index (χ2v) is 3.84. The maximum atomic E-state index is 10.7. The number of rotatable bonds is 2. The van der Waals surface area contributed by atoms with E-state index in [2.05, 4.69) is 9.59 Å². The zero-order valence-corrected chi connectivity index (χ0v) is 9.06. The van der Waals surface area contributed by atoms with Crippen molar-refractivity contribution in [3.63, 3.8) is 0 Å².